The summed E-state index contributed by atoms with van der Waals surface area (Å²) >= 11 is 0. The van der Waals surface area contributed by atoms with Gasteiger partial charge in [0.2, 0.25) is 0 Å². The van der Waals surface area contributed by atoms with Crippen LogP contribution < -0.4 is 5.32 Å². The van der Waals surface area contributed by atoms with E-state index in [1.807, 2.05) is 18.3 Å². The monoisotopic (exact) mass is 230 g/mol. The molecule has 90 valence electrons. The Hall–Kier alpha value is -1.35. The first-order valence-electron chi connectivity index (χ1n) is 6.41. The summed E-state index contributed by atoms with van der Waals surface area (Å²) in [6, 6.07) is 8.17. The third-order valence-electron chi connectivity index (χ3n) is 3.83. The molecule has 0 aromatic heterocycles. The Morgan fingerprint density at radius 3 is 2.88 bits per heavy atom. The maximum absolute atomic E-state index is 10.1. The van der Waals surface area contributed by atoms with Crippen LogP contribution in [0.5, 0.6) is 0 Å². The molecule has 2 aliphatic rings. The number of rotatable bonds is 1. The first-order valence-corrected chi connectivity index (χ1v) is 6.41. The van der Waals surface area contributed by atoms with Crippen molar-refractivity contribution in [3.05, 3.63) is 29.8 Å². The van der Waals surface area contributed by atoms with E-state index in [4.69, 9.17) is 0 Å². The fraction of sp³-hybridized carbons (Fsp3) is 0.500. The Morgan fingerprint density at radius 2 is 2.00 bits per heavy atom. The fourth-order valence-corrected chi connectivity index (χ4v) is 2.82. The van der Waals surface area contributed by atoms with Crippen LogP contribution in [0.4, 0.5) is 5.69 Å². The molecule has 3 unspecified atom stereocenters. The summed E-state index contributed by atoms with van der Waals surface area (Å²) in [6.07, 6.45) is 6.10. The lowest BCUT2D eigenvalue weighted by Gasteiger charge is -2.34. The number of nitrogens with one attached hydrogen (secondary N) is 1. The predicted molar refractivity (Wildman–Crippen MR) is 69.4 cm³/mol. The van der Waals surface area contributed by atoms with Gasteiger partial charge in [0.25, 0.3) is 0 Å². The number of hydrogen-bond acceptors (Lipinski definition) is 3. The van der Waals surface area contributed by atoms with Gasteiger partial charge in [-0.25, -0.2) is 0 Å². The average molecular weight is 230 g/mol. The minimum atomic E-state index is -0.205. The van der Waals surface area contributed by atoms with Gasteiger partial charge in [-0.15, -0.1) is 0 Å². The van der Waals surface area contributed by atoms with Crippen molar-refractivity contribution in [2.24, 2.45) is 10.9 Å². The molecule has 0 saturated heterocycles. The summed E-state index contributed by atoms with van der Waals surface area (Å²) in [5.74, 6) is 0.258. The zero-order chi connectivity index (χ0) is 11.7. The Labute approximate surface area is 102 Å². The SMILES string of the molecule is OC1CCCCC1C1N=Cc2ccccc2N1. The van der Waals surface area contributed by atoms with E-state index in [-0.39, 0.29) is 18.2 Å². The third kappa shape index (κ3) is 2.07. The van der Waals surface area contributed by atoms with Crippen LogP contribution in [0.2, 0.25) is 0 Å². The number of nitrogens with zero attached hydrogens (tertiary/aromatic N) is 1. The summed E-state index contributed by atoms with van der Waals surface area (Å²) in [4.78, 5) is 4.55. The van der Waals surface area contributed by atoms with Crippen molar-refractivity contribution in [1.29, 1.82) is 0 Å². The van der Waals surface area contributed by atoms with E-state index in [0.29, 0.717) is 0 Å². The van der Waals surface area contributed by atoms with Crippen LogP contribution in [-0.4, -0.2) is 23.6 Å². The molecule has 3 atom stereocenters. The highest BCUT2D eigenvalue weighted by atomic mass is 16.3. The molecule has 1 heterocycles. The normalized spacial score (nSPS) is 31.7. The van der Waals surface area contributed by atoms with Crippen molar-refractivity contribution in [2.75, 3.05) is 5.32 Å². The summed E-state index contributed by atoms with van der Waals surface area (Å²) in [7, 11) is 0. The van der Waals surface area contributed by atoms with Crippen LogP contribution in [0.1, 0.15) is 31.2 Å². The van der Waals surface area contributed by atoms with Crippen molar-refractivity contribution in [3.63, 3.8) is 0 Å². The maximum atomic E-state index is 10.1. The molecule has 1 saturated carbocycles. The van der Waals surface area contributed by atoms with Gasteiger partial charge in [-0.1, -0.05) is 31.0 Å². The molecular weight excluding hydrogens is 212 g/mol. The van der Waals surface area contributed by atoms with Gasteiger partial charge >= 0.3 is 0 Å². The minimum absolute atomic E-state index is 0.0419. The first kappa shape index (κ1) is 10.8. The van der Waals surface area contributed by atoms with Crippen LogP contribution in [0, 0.1) is 5.92 Å². The van der Waals surface area contributed by atoms with Gasteiger partial charge in [-0.05, 0) is 18.9 Å². The van der Waals surface area contributed by atoms with Crippen LogP contribution in [0.15, 0.2) is 29.3 Å². The highest BCUT2D eigenvalue weighted by Crippen LogP contribution is 2.31. The van der Waals surface area contributed by atoms with E-state index in [9.17, 15) is 5.11 Å². The van der Waals surface area contributed by atoms with Gasteiger partial charge in [-0.3, -0.25) is 4.99 Å². The average Bonchev–Trinajstić information content (AvgIpc) is 2.39. The zero-order valence-electron chi connectivity index (χ0n) is 9.84. The predicted octanol–water partition coefficient (Wildman–Crippen LogP) is 2.41. The molecule has 1 aliphatic heterocycles. The Kier molecular flexibility index (Phi) is 2.85. The number of fused-ring (bicyclic) bond motifs is 1. The molecule has 17 heavy (non-hydrogen) atoms. The second-order valence-electron chi connectivity index (χ2n) is 4.97. The van der Waals surface area contributed by atoms with Crippen LogP contribution >= 0.6 is 0 Å². The first-order chi connectivity index (χ1) is 8.34. The highest BCUT2D eigenvalue weighted by molar-refractivity contribution is 5.89. The number of aliphatic hydroxyl groups is 1. The number of anilines is 1. The smallest absolute Gasteiger partial charge is 0.124 e. The molecule has 3 rings (SSSR count). The Morgan fingerprint density at radius 1 is 1.18 bits per heavy atom. The molecule has 0 radical (unpaired) electrons. The van der Waals surface area contributed by atoms with E-state index in [2.05, 4.69) is 22.4 Å². The second-order valence-corrected chi connectivity index (χ2v) is 4.97. The molecule has 2 N–H and O–H groups in total. The van der Waals surface area contributed by atoms with Gasteiger partial charge in [-0.2, -0.15) is 0 Å². The standard InChI is InChI=1S/C14H18N2O/c17-13-8-4-2-6-11(13)14-15-9-10-5-1-3-7-12(10)16-14/h1,3,5,7,9,11,13-14,16-17H,2,4,6,8H2. The van der Waals surface area contributed by atoms with E-state index in [1.54, 1.807) is 0 Å². The molecule has 1 aromatic carbocycles. The zero-order valence-corrected chi connectivity index (χ0v) is 9.84. The van der Waals surface area contributed by atoms with E-state index in [1.165, 1.54) is 6.42 Å². The lowest BCUT2D eigenvalue weighted by molar-refractivity contribution is 0.0609. The molecule has 3 nitrogen and oxygen atoms in total. The quantitative estimate of drug-likeness (QED) is 0.778. The third-order valence-corrected chi connectivity index (χ3v) is 3.83. The van der Waals surface area contributed by atoms with Gasteiger partial charge in [0, 0.05) is 23.4 Å². The Bertz CT molecular complexity index is 430. The van der Waals surface area contributed by atoms with Crippen LogP contribution in [0.3, 0.4) is 0 Å². The summed E-state index contributed by atoms with van der Waals surface area (Å²) in [6.45, 7) is 0. The second kappa shape index (κ2) is 4.49. The van der Waals surface area contributed by atoms with Crippen molar-refractivity contribution in [2.45, 2.75) is 38.0 Å². The lowest BCUT2D eigenvalue weighted by Crippen LogP contribution is -2.39. The van der Waals surface area contributed by atoms with Gasteiger partial charge in [0.05, 0.1) is 6.10 Å². The molecule has 1 aromatic rings. The van der Waals surface area contributed by atoms with Crippen molar-refractivity contribution in [1.82, 2.24) is 0 Å². The topological polar surface area (TPSA) is 44.6 Å². The number of aliphatic imine (C=N–C) groups is 1. The molecule has 1 fully saturated rings. The van der Waals surface area contributed by atoms with E-state index < -0.39 is 0 Å². The molecule has 1 aliphatic carbocycles. The van der Waals surface area contributed by atoms with Crippen molar-refractivity contribution in [3.8, 4) is 0 Å². The van der Waals surface area contributed by atoms with E-state index in [0.717, 1.165) is 30.5 Å². The fourth-order valence-electron chi connectivity index (χ4n) is 2.82. The van der Waals surface area contributed by atoms with Crippen molar-refractivity contribution < 1.29 is 5.11 Å². The minimum Gasteiger partial charge on any atom is -0.393 e. The van der Waals surface area contributed by atoms with Gasteiger partial charge < -0.3 is 10.4 Å². The highest BCUT2D eigenvalue weighted by Gasteiger charge is 2.31. The summed E-state index contributed by atoms with van der Waals surface area (Å²) < 4.78 is 0. The summed E-state index contributed by atoms with van der Waals surface area (Å²) in [5, 5.41) is 13.5. The van der Waals surface area contributed by atoms with Crippen LogP contribution in [0.25, 0.3) is 0 Å². The molecule has 0 amide bonds. The van der Waals surface area contributed by atoms with E-state index >= 15 is 0 Å². The number of benzene rings is 1. The largest absolute Gasteiger partial charge is 0.393 e. The summed E-state index contributed by atoms with van der Waals surface area (Å²) in [5.41, 5.74) is 2.26. The molecule has 3 heteroatoms. The van der Waals surface area contributed by atoms with Gasteiger partial charge in [0.1, 0.15) is 6.17 Å². The number of aliphatic hydroxyl groups excluding tert-OH is 1. The molecule has 0 bridgehead atoms. The number of hydrogen-bond donors (Lipinski definition) is 2. The molecular formula is C14H18N2O. The lowest BCUT2D eigenvalue weighted by atomic mass is 9.84. The maximum Gasteiger partial charge on any atom is 0.124 e. The number of para-hydroxylation sites is 1. The van der Waals surface area contributed by atoms with Crippen molar-refractivity contribution >= 4 is 11.9 Å². The molecule has 0 spiro atoms. The van der Waals surface area contributed by atoms with Crippen LogP contribution in [-0.2, 0) is 0 Å². The van der Waals surface area contributed by atoms with Gasteiger partial charge in [0.15, 0.2) is 0 Å². The Balaban J connectivity index is 1.79.